The fourth-order valence-corrected chi connectivity index (χ4v) is 1.05. The minimum atomic E-state index is -0.859. The predicted octanol–water partition coefficient (Wildman–Crippen LogP) is -1.01. The molecule has 1 heterocycles. The van der Waals surface area contributed by atoms with Crippen LogP contribution in [0.15, 0.2) is 11.3 Å². The van der Waals surface area contributed by atoms with E-state index < -0.39 is 17.8 Å². The Bertz CT molecular complexity index is 286. The Kier molecular flexibility index (Phi) is 2.60. The van der Waals surface area contributed by atoms with Gasteiger partial charge in [-0.25, -0.2) is 4.79 Å². The number of ether oxygens (including phenoxy) is 1. The summed E-state index contributed by atoms with van der Waals surface area (Å²) < 4.78 is 4.31. The van der Waals surface area contributed by atoms with E-state index in [9.17, 15) is 14.7 Å². The highest BCUT2D eigenvalue weighted by Gasteiger charge is 2.29. The number of esters is 1. The summed E-state index contributed by atoms with van der Waals surface area (Å²) in [6, 6.07) is 0. The quantitative estimate of drug-likeness (QED) is 0.308. The zero-order valence-electron chi connectivity index (χ0n) is 7.03. The van der Waals surface area contributed by atoms with Gasteiger partial charge >= 0.3 is 5.97 Å². The van der Waals surface area contributed by atoms with Crippen LogP contribution >= 0.6 is 0 Å². The largest absolute Gasteiger partial charge is 0.511 e. The number of carbonyl (C=O) groups is 2. The monoisotopic (exact) mass is 181 g/mol. The molecular formula is C7H8BNO4. The van der Waals surface area contributed by atoms with Crippen LogP contribution in [-0.2, 0) is 14.3 Å². The Morgan fingerprint density at radius 1 is 1.77 bits per heavy atom. The molecule has 1 atom stereocenters. The van der Waals surface area contributed by atoms with Crippen LogP contribution in [-0.4, -0.2) is 37.9 Å². The van der Waals surface area contributed by atoms with Gasteiger partial charge in [0, 0.05) is 6.42 Å². The summed E-state index contributed by atoms with van der Waals surface area (Å²) in [5.41, 5.74) is -0.371. The first-order valence-corrected chi connectivity index (χ1v) is 3.63. The van der Waals surface area contributed by atoms with E-state index in [1.54, 1.807) is 0 Å². The fraction of sp³-hybridized carbons (Fsp3) is 0.429. The molecule has 0 aromatic carbocycles. The summed E-state index contributed by atoms with van der Waals surface area (Å²) in [6.45, 7) is 0. The molecule has 6 heteroatoms. The third-order valence-electron chi connectivity index (χ3n) is 1.63. The average Bonchev–Trinajstić information content (AvgIpc) is 2.02. The molecule has 0 aliphatic carbocycles. The first-order chi connectivity index (χ1) is 6.06. The molecule has 1 aliphatic heterocycles. The molecule has 0 spiro atoms. The summed E-state index contributed by atoms with van der Waals surface area (Å²) in [6.07, 6.45) is 0.0379. The molecule has 0 bridgehead atoms. The van der Waals surface area contributed by atoms with E-state index in [0.29, 0.717) is 0 Å². The third kappa shape index (κ3) is 1.82. The molecule has 0 saturated heterocycles. The number of methoxy groups -OCH3 is 1. The molecule has 1 amide bonds. The number of nitrogens with one attached hydrogen (secondary N) is 1. The zero-order chi connectivity index (χ0) is 10.0. The normalized spacial score (nSPS) is 22.5. The lowest BCUT2D eigenvalue weighted by molar-refractivity contribution is -0.138. The van der Waals surface area contributed by atoms with Crippen LogP contribution in [0, 0.1) is 0 Å². The second kappa shape index (κ2) is 3.51. The average molecular weight is 181 g/mol. The van der Waals surface area contributed by atoms with Gasteiger partial charge in [-0.3, -0.25) is 4.79 Å². The van der Waals surface area contributed by atoms with Crippen LogP contribution in [0.1, 0.15) is 6.42 Å². The maximum absolute atomic E-state index is 11.1. The molecule has 1 aliphatic rings. The summed E-state index contributed by atoms with van der Waals surface area (Å²) in [7, 11) is 6.47. The van der Waals surface area contributed by atoms with Crippen molar-refractivity contribution in [2.45, 2.75) is 12.4 Å². The van der Waals surface area contributed by atoms with Crippen molar-refractivity contribution in [1.82, 2.24) is 5.32 Å². The van der Waals surface area contributed by atoms with E-state index in [2.05, 4.69) is 10.1 Å². The van der Waals surface area contributed by atoms with E-state index in [1.807, 2.05) is 0 Å². The molecule has 13 heavy (non-hydrogen) atoms. The fourth-order valence-electron chi connectivity index (χ4n) is 1.05. The summed E-state index contributed by atoms with van der Waals surface area (Å²) in [4.78, 5) is 22.1. The minimum absolute atomic E-state index is 0.0379. The predicted molar refractivity (Wildman–Crippen MR) is 44.0 cm³/mol. The highest BCUT2D eigenvalue weighted by atomic mass is 16.5. The molecule has 0 saturated carbocycles. The standard InChI is InChI=1S/C7H8BNO4/c1-13-7(12)5-3(10)2-4(8)9-6(5)11/h4,10H,2H2,1H3,(H,9,11). The van der Waals surface area contributed by atoms with Crippen molar-refractivity contribution in [3.8, 4) is 0 Å². The van der Waals surface area contributed by atoms with Crippen LogP contribution in [0.3, 0.4) is 0 Å². The Labute approximate surface area is 76.2 Å². The van der Waals surface area contributed by atoms with Crippen molar-refractivity contribution in [2.24, 2.45) is 0 Å². The van der Waals surface area contributed by atoms with Crippen LogP contribution < -0.4 is 5.32 Å². The first kappa shape index (κ1) is 9.63. The summed E-state index contributed by atoms with van der Waals surface area (Å²) >= 11 is 0. The number of amides is 1. The Morgan fingerprint density at radius 3 is 2.85 bits per heavy atom. The highest BCUT2D eigenvalue weighted by molar-refractivity contribution is 6.21. The number of aliphatic hydroxyl groups excluding tert-OH is 1. The van der Waals surface area contributed by atoms with E-state index in [-0.39, 0.29) is 17.8 Å². The van der Waals surface area contributed by atoms with Gasteiger partial charge in [-0.05, 0) is 5.94 Å². The molecule has 0 aromatic heterocycles. The summed E-state index contributed by atoms with van der Waals surface area (Å²) in [5, 5.41) is 11.5. The van der Waals surface area contributed by atoms with Gasteiger partial charge in [0.15, 0.2) is 5.57 Å². The van der Waals surface area contributed by atoms with E-state index >= 15 is 0 Å². The van der Waals surface area contributed by atoms with Gasteiger partial charge in [0.2, 0.25) is 0 Å². The first-order valence-electron chi connectivity index (χ1n) is 3.63. The lowest BCUT2D eigenvalue weighted by Gasteiger charge is -2.21. The maximum Gasteiger partial charge on any atom is 0.346 e. The SMILES string of the molecule is [B]C1CC(O)=C(C(=O)OC)C(=O)N1. The molecule has 2 radical (unpaired) electrons. The molecule has 1 unspecified atom stereocenters. The van der Waals surface area contributed by atoms with Gasteiger partial charge in [0.1, 0.15) is 5.76 Å². The highest BCUT2D eigenvalue weighted by Crippen LogP contribution is 2.14. The van der Waals surface area contributed by atoms with Crippen molar-refractivity contribution in [3.63, 3.8) is 0 Å². The molecule has 5 nitrogen and oxygen atoms in total. The van der Waals surface area contributed by atoms with Crippen LogP contribution in [0.5, 0.6) is 0 Å². The molecule has 0 aromatic rings. The second-order valence-corrected chi connectivity index (χ2v) is 2.60. The molecule has 68 valence electrons. The number of hydrogen-bond donors (Lipinski definition) is 2. The topological polar surface area (TPSA) is 75.6 Å². The van der Waals surface area contributed by atoms with Gasteiger partial charge in [0.25, 0.3) is 5.91 Å². The number of carbonyl (C=O) groups excluding carboxylic acids is 2. The lowest BCUT2D eigenvalue weighted by Crippen LogP contribution is -2.42. The Balaban J connectivity index is 2.98. The minimum Gasteiger partial charge on any atom is -0.511 e. The Morgan fingerprint density at radius 2 is 2.38 bits per heavy atom. The molecule has 0 fully saturated rings. The van der Waals surface area contributed by atoms with Gasteiger partial charge < -0.3 is 15.2 Å². The van der Waals surface area contributed by atoms with Crippen molar-refractivity contribution >= 4 is 19.7 Å². The van der Waals surface area contributed by atoms with Crippen LogP contribution in [0.2, 0.25) is 0 Å². The van der Waals surface area contributed by atoms with Gasteiger partial charge in [0.05, 0.1) is 15.0 Å². The smallest absolute Gasteiger partial charge is 0.346 e. The number of rotatable bonds is 1. The van der Waals surface area contributed by atoms with Gasteiger partial charge in [-0.2, -0.15) is 0 Å². The van der Waals surface area contributed by atoms with Crippen LogP contribution in [0.25, 0.3) is 0 Å². The van der Waals surface area contributed by atoms with Crippen molar-refractivity contribution in [3.05, 3.63) is 11.3 Å². The summed E-state index contributed by atoms with van der Waals surface area (Å²) in [5.74, 6) is -2.55. The van der Waals surface area contributed by atoms with Gasteiger partial charge in [-0.15, -0.1) is 0 Å². The van der Waals surface area contributed by atoms with Crippen LogP contribution in [0.4, 0.5) is 0 Å². The number of hydrogen-bond acceptors (Lipinski definition) is 4. The van der Waals surface area contributed by atoms with Crippen molar-refractivity contribution in [2.75, 3.05) is 7.11 Å². The van der Waals surface area contributed by atoms with E-state index in [1.165, 1.54) is 0 Å². The maximum atomic E-state index is 11.1. The van der Waals surface area contributed by atoms with Crippen molar-refractivity contribution in [1.29, 1.82) is 0 Å². The van der Waals surface area contributed by atoms with Crippen molar-refractivity contribution < 1.29 is 19.4 Å². The molecule has 1 rings (SSSR count). The second-order valence-electron chi connectivity index (χ2n) is 2.60. The van der Waals surface area contributed by atoms with Gasteiger partial charge in [-0.1, -0.05) is 0 Å². The number of aliphatic hydroxyl groups is 1. The Hall–Kier alpha value is -1.46. The molecular weight excluding hydrogens is 173 g/mol. The lowest BCUT2D eigenvalue weighted by atomic mass is 9.88. The van der Waals surface area contributed by atoms with E-state index in [4.69, 9.17) is 7.85 Å². The zero-order valence-corrected chi connectivity index (χ0v) is 7.03. The van der Waals surface area contributed by atoms with E-state index in [0.717, 1.165) is 7.11 Å². The molecule has 2 N–H and O–H groups in total. The third-order valence-corrected chi connectivity index (χ3v) is 1.63.